The molecule has 0 saturated heterocycles. The van der Waals surface area contributed by atoms with Crippen LogP contribution in [0.5, 0.6) is 5.75 Å². The Morgan fingerprint density at radius 2 is 1.48 bits per heavy atom. The minimum absolute atomic E-state index is 0.161. The molecule has 0 saturated carbocycles. The molecule has 0 aromatic heterocycles. The van der Waals surface area contributed by atoms with Crippen LogP contribution in [0.4, 0.5) is 10.5 Å². The molecular formula is C23H22N4O6. The molecule has 170 valence electrons. The number of azo groups is 1. The zero-order valence-corrected chi connectivity index (χ0v) is 18.5. The second-order valence-electron chi connectivity index (χ2n) is 7.64. The predicted octanol–water partition coefficient (Wildman–Crippen LogP) is 3.67. The van der Waals surface area contributed by atoms with Gasteiger partial charge < -0.3 is 14.2 Å². The molecular weight excluding hydrogens is 428 g/mol. The highest BCUT2D eigenvalue weighted by molar-refractivity contribution is 6.06. The number of amides is 1. The van der Waals surface area contributed by atoms with E-state index in [0.717, 1.165) is 12.0 Å². The first-order valence-corrected chi connectivity index (χ1v) is 10.1. The van der Waals surface area contributed by atoms with Gasteiger partial charge in [0.1, 0.15) is 17.1 Å². The van der Waals surface area contributed by atoms with Crippen LogP contribution in [0.3, 0.4) is 0 Å². The van der Waals surface area contributed by atoms with Crippen molar-refractivity contribution in [3.63, 3.8) is 0 Å². The third kappa shape index (κ3) is 3.30. The van der Waals surface area contributed by atoms with Gasteiger partial charge in [0.25, 0.3) is 0 Å². The molecule has 2 aliphatic rings. The van der Waals surface area contributed by atoms with Gasteiger partial charge in [0.15, 0.2) is 0 Å². The van der Waals surface area contributed by atoms with E-state index >= 15 is 0 Å². The number of hydrogen-bond acceptors (Lipinski definition) is 7. The maximum atomic E-state index is 13.4. The molecule has 10 nitrogen and oxygen atoms in total. The molecule has 1 amide bonds. The average molecular weight is 450 g/mol. The van der Waals surface area contributed by atoms with Crippen molar-refractivity contribution < 1.29 is 33.4 Å². The minimum atomic E-state index is -1.54. The maximum Gasteiger partial charge on any atom is 0.420 e. The molecule has 0 unspecified atom stereocenters. The lowest BCUT2D eigenvalue weighted by Gasteiger charge is -2.40. The third-order valence-corrected chi connectivity index (χ3v) is 5.78. The summed E-state index contributed by atoms with van der Waals surface area (Å²) in [6.07, 6.45) is -0.928. The van der Waals surface area contributed by atoms with Crippen LogP contribution in [0.2, 0.25) is 0 Å². The van der Waals surface area contributed by atoms with E-state index in [2.05, 4.69) is 10.5 Å². The lowest BCUT2D eigenvalue weighted by molar-refractivity contribution is -0.457. The predicted molar refractivity (Wildman–Crippen MR) is 114 cm³/mol. The largest absolute Gasteiger partial charge is 0.466 e. The van der Waals surface area contributed by atoms with Crippen LogP contribution in [0.25, 0.3) is 5.43 Å². The highest BCUT2D eigenvalue weighted by atomic mass is 16.6. The Bertz CT molecular complexity index is 1180. The third-order valence-electron chi connectivity index (χ3n) is 5.78. The van der Waals surface area contributed by atoms with Crippen molar-refractivity contribution in [1.82, 2.24) is 4.90 Å². The van der Waals surface area contributed by atoms with Crippen LogP contribution < -0.4 is 4.74 Å². The SMILES string of the molecule is COC(=O)C1=C(C(=O)OC)[C@]2(C)N=[N+](c3ccccc3)[N-][C@]2(C)N1C(=O)Oc1ccccc1. The van der Waals surface area contributed by atoms with Gasteiger partial charge in [0.05, 0.1) is 25.3 Å². The van der Waals surface area contributed by atoms with Crippen LogP contribution in [0.15, 0.2) is 77.0 Å². The van der Waals surface area contributed by atoms with Gasteiger partial charge in [-0.15, -0.1) is 4.81 Å². The number of methoxy groups -OCH3 is 2. The number of benzene rings is 2. The average Bonchev–Trinajstić information content (AvgIpc) is 3.20. The van der Waals surface area contributed by atoms with Gasteiger partial charge in [0.2, 0.25) is 5.69 Å². The number of para-hydroxylation sites is 2. The Morgan fingerprint density at radius 3 is 2.06 bits per heavy atom. The van der Waals surface area contributed by atoms with Crippen molar-refractivity contribution in [1.29, 1.82) is 0 Å². The number of rotatable bonds is 4. The van der Waals surface area contributed by atoms with Gasteiger partial charge in [-0.1, -0.05) is 36.4 Å². The Kier molecular flexibility index (Phi) is 5.36. The van der Waals surface area contributed by atoms with Gasteiger partial charge in [-0.25, -0.2) is 14.4 Å². The summed E-state index contributed by atoms with van der Waals surface area (Å²) < 4.78 is 15.4. The fourth-order valence-corrected chi connectivity index (χ4v) is 3.97. The van der Waals surface area contributed by atoms with Crippen LogP contribution in [0, 0.1) is 0 Å². The standard InChI is InChI=1S/C23H22N4O6/c1-22-17(19(28)31-3)18(20(29)32-4)26(21(30)33-16-13-9-6-10-14-16)23(22,2)25-27(24-22)15-11-7-5-8-12-15/h5-14H,1-4H3/t22-,23+/m0/s1. The Hall–Kier alpha value is -4.21. The number of carbonyl (C=O) groups excluding carboxylic acids is 3. The smallest absolute Gasteiger partial charge is 0.420 e. The molecule has 2 heterocycles. The molecule has 0 bridgehead atoms. The fraction of sp³-hybridized carbons (Fsp3) is 0.261. The van der Waals surface area contributed by atoms with E-state index in [1.807, 2.05) is 6.07 Å². The first kappa shape index (κ1) is 22.0. The number of carbonyl (C=O) groups is 3. The second kappa shape index (κ2) is 8.05. The first-order chi connectivity index (χ1) is 15.8. The molecule has 10 heteroatoms. The number of hydrogen-bond donors (Lipinski definition) is 0. The molecule has 2 atom stereocenters. The van der Waals surface area contributed by atoms with Crippen LogP contribution in [-0.4, -0.2) is 53.2 Å². The lowest BCUT2D eigenvalue weighted by atomic mass is 9.84. The quantitative estimate of drug-likeness (QED) is 0.519. The van der Waals surface area contributed by atoms with E-state index < -0.39 is 29.2 Å². The van der Waals surface area contributed by atoms with Crippen molar-refractivity contribution in [3.05, 3.63) is 77.4 Å². The summed E-state index contributed by atoms with van der Waals surface area (Å²) in [4.78, 5) is 41.5. The molecule has 0 spiro atoms. The van der Waals surface area contributed by atoms with Crippen LogP contribution >= 0.6 is 0 Å². The van der Waals surface area contributed by atoms with Gasteiger partial charge in [-0.05, 0) is 26.0 Å². The maximum absolute atomic E-state index is 13.4. The van der Waals surface area contributed by atoms with Crippen molar-refractivity contribution >= 4 is 23.7 Å². The van der Waals surface area contributed by atoms with Crippen LogP contribution in [0.1, 0.15) is 13.8 Å². The van der Waals surface area contributed by atoms with Gasteiger partial charge >= 0.3 is 18.0 Å². The number of nitrogens with zero attached hydrogens (tertiary/aromatic N) is 4. The minimum Gasteiger partial charge on any atom is -0.466 e. The molecule has 2 aromatic rings. The summed E-state index contributed by atoms with van der Waals surface area (Å²) in [5, 5.41) is 4.63. The van der Waals surface area contributed by atoms with E-state index in [9.17, 15) is 14.4 Å². The van der Waals surface area contributed by atoms with Gasteiger partial charge in [-0.3, -0.25) is 4.90 Å². The Labute approximate surface area is 190 Å². The van der Waals surface area contributed by atoms with E-state index in [1.165, 1.54) is 11.9 Å². The second-order valence-corrected chi connectivity index (χ2v) is 7.64. The fourth-order valence-electron chi connectivity index (χ4n) is 3.97. The van der Waals surface area contributed by atoms with Crippen molar-refractivity contribution in [3.8, 4) is 5.75 Å². The summed E-state index contributed by atoms with van der Waals surface area (Å²) >= 11 is 0. The summed E-state index contributed by atoms with van der Waals surface area (Å²) in [5.74, 6) is -1.51. The molecule has 4 rings (SSSR count). The van der Waals surface area contributed by atoms with Gasteiger partial charge in [0, 0.05) is 12.1 Å². The van der Waals surface area contributed by atoms with Crippen molar-refractivity contribution in [2.24, 2.45) is 5.11 Å². The molecule has 0 fully saturated rings. The highest BCUT2D eigenvalue weighted by Crippen LogP contribution is 2.56. The summed E-state index contributed by atoms with van der Waals surface area (Å²) in [7, 11) is 2.32. The number of fused-ring (bicyclic) bond motifs is 1. The van der Waals surface area contributed by atoms with E-state index in [4.69, 9.17) is 14.2 Å². The molecule has 2 aliphatic heterocycles. The molecule has 0 radical (unpaired) electrons. The topological polar surface area (TPSA) is 112 Å². The Morgan fingerprint density at radius 1 is 0.909 bits per heavy atom. The number of ether oxygens (including phenoxy) is 3. The highest BCUT2D eigenvalue weighted by Gasteiger charge is 2.66. The van der Waals surface area contributed by atoms with E-state index in [1.54, 1.807) is 68.4 Å². The summed E-state index contributed by atoms with van der Waals surface area (Å²) in [5.41, 5.74) is 1.73. The molecule has 2 aromatic carbocycles. The molecule has 0 N–H and O–H groups in total. The Balaban J connectivity index is 1.90. The lowest BCUT2D eigenvalue weighted by Crippen LogP contribution is -2.55. The summed E-state index contributed by atoms with van der Waals surface area (Å²) in [6.45, 7) is 3.19. The van der Waals surface area contributed by atoms with Crippen molar-refractivity contribution in [2.45, 2.75) is 25.0 Å². The zero-order valence-electron chi connectivity index (χ0n) is 18.5. The van der Waals surface area contributed by atoms with Crippen LogP contribution in [-0.2, 0) is 19.1 Å². The summed E-state index contributed by atoms with van der Waals surface area (Å²) in [6, 6.07) is 17.3. The van der Waals surface area contributed by atoms with Gasteiger partial charge in [-0.2, -0.15) is 10.5 Å². The van der Waals surface area contributed by atoms with E-state index in [-0.39, 0.29) is 17.0 Å². The number of esters is 2. The first-order valence-electron chi connectivity index (χ1n) is 10.1. The van der Waals surface area contributed by atoms with E-state index in [0.29, 0.717) is 5.69 Å². The molecule has 33 heavy (non-hydrogen) atoms. The van der Waals surface area contributed by atoms with Crippen molar-refractivity contribution in [2.75, 3.05) is 14.2 Å². The zero-order chi connectivity index (χ0) is 23.8. The molecule has 0 aliphatic carbocycles. The monoisotopic (exact) mass is 450 g/mol. The normalized spacial score (nSPS) is 23.4.